The lowest BCUT2D eigenvalue weighted by atomic mass is 10.2. The van der Waals surface area contributed by atoms with Crippen LogP contribution in [0.4, 0.5) is 5.69 Å². The molecule has 1 atom stereocenters. The van der Waals surface area contributed by atoms with Crippen molar-refractivity contribution in [3.8, 4) is 0 Å². The zero-order chi connectivity index (χ0) is 14.6. The van der Waals surface area contributed by atoms with Crippen molar-refractivity contribution < 1.29 is 19.6 Å². The van der Waals surface area contributed by atoms with Crippen LogP contribution in [0, 0.1) is 10.1 Å². The minimum atomic E-state index is -1.32. The van der Waals surface area contributed by atoms with Crippen LogP contribution >= 0.6 is 0 Å². The van der Waals surface area contributed by atoms with Gasteiger partial charge in [-0.3, -0.25) is 14.9 Å². The molecule has 1 aromatic heterocycles. The standard InChI is InChI=1S/C11H15N3O5/c1-3-7(2)12-10(15)6-13-5-8(14(18)19)4-9(13)11(16)17/h4-5,7H,3,6H2,1-2H3,(H,12,15)(H,16,17). The van der Waals surface area contributed by atoms with Gasteiger partial charge < -0.3 is 15.0 Å². The highest BCUT2D eigenvalue weighted by Crippen LogP contribution is 2.16. The number of amides is 1. The second-order valence-corrected chi connectivity index (χ2v) is 4.15. The molecule has 1 heterocycles. The molecule has 0 saturated carbocycles. The maximum absolute atomic E-state index is 11.6. The van der Waals surface area contributed by atoms with Crippen molar-refractivity contribution in [2.24, 2.45) is 0 Å². The van der Waals surface area contributed by atoms with E-state index in [9.17, 15) is 19.7 Å². The van der Waals surface area contributed by atoms with Gasteiger partial charge in [-0.2, -0.15) is 0 Å². The molecule has 0 saturated heterocycles. The van der Waals surface area contributed by atoms with E-state index in [0.717, 1.165) is 23.3 Å². The number of carboxylic acids is 1. The van der Waals surface area contributed by atoms with Gasteiger partial charge in [-0.25, -0.2) is 4.79 Å². The van der Waals surface area contributed by atoms with Crippen LogP contribution in [0.1, 0.15) is 30.8 Å². The molecule has 0 bridgehead atoms. The molecule has 19 heavy (non-hydrogen) atoms. The lowest BCUT2D eigenvalue weighted by Gasteiger charge is -2.12. The molecule has 104 valence electrons. The maximum Gasteiger partial charge on any atom is 0.352 e. The molecule has 0 aromatic carbocycles. The fourth-order valence-electron chi connectivity index (χ4n) is 1.48. The predicted molar refractivity (Wildman–Crippen MR) is 65.9 cm³/mol. The van der Waals surface area contributed by atoms with E-state index in [0.29, 0.717) is 0 Å². The molecule has 0 aliphatic carbocycles. The van der Waals surface area contributed by atoms with Crippen molar-refractivity contribution in [3.05, 3.63) is 28.1 Å². The largest absolute Gasteiger partial charge is 0.477 e. The van der Waals surface area contributed by atoms with Crippen LogP contribution in [-0.2, 0) is 11.3 Å². The van der Waals surface area contributed by atoms with Crippen LogP contribution in [0.15, 0.2) is 12.3 Å². The summed E-state index contributed by atoms with van der Waals surface area (Å²) in [6, 6.07) is 0.894. The first-order valence-electron chi connectivity index (χ1n) is 5.72. The summed E-state index contributed by atoms with van der Waals surface area (Å²) >= 11 is 0. The smallest absolute Gasteiger partial charge is 0.352 e. The van der Waals surface area contributed by atoms with E-state index in [-0.39, 0.29) is 29.9 Å². The van der Waals surface area contributed by atoms with Crippen LogP contribution in [0.2, 0.25) is 0 Å². The quantitative estimate of drug-likeness (QED) is 0.590. The van der Waals surface area contributed by atoms with Gasteiger partial charge in [0.2, 0.25) is 5.91 Å². The first kappa shape index (κ1) is 14.7. The van der Waals surface area contributed by atoms with E-state index in [1.165, 1.54) is 0 Å². The number of nitrogens with zero attached hydrogens (tertiary/aromatic N) is 2. The summed E-state index contributed by atoms with van der Waals surface area (Å²) in [5.41, 5.74) is -0.639. The SMILES string of the molecule is CCC(C)NC(=O)Cn1cc([N+](=O)[O-])cc1C(=O)O. The van der Waals surface area contributed by atoms with Crippen LogP contribution in [0.3, 0.4) is 0 Å². The lowest BCUT2D eigenvalue weighted by molar-refractivity contribution is -0.384. The second kappa shape index (κ2) is 5.98. The lowest BCUT2D eigenvalue weighted by Crippen LogP contribution is -2.35. The van der Waals surface area contributed by atoms with Gasteiger partial charge in [0, 0.05) is 12.1 Å². The van der Waals surface area contributed by atoms with E-state index < -0.39 is 10.9 Å². The molecule has 1 aromatic rings. The molecule has 0 aliphatic rings. The minimum absolute atomic E-state index is 0.0358. The number of carbonyl (C=O) groups is 2. The number of rotatable bonds is 6. The molecule has 2 N–H and O–H groups in total. The normalized spacial score (nSPS) is 11.9. The highest BCUT2D eigenvalue weighted by Gasteiger charge is 2.20. The third-order valence-corrected chi connectivity index (χ3v) is 2.65. The van der Waals surface area contributed by atoms with Crippen LogP contribution in [0.5, 0.6) is 0 Å². The number of hydrogen-bond donors (Lipinski definition) is 2. The summed E-state index contributed by atoms with van der Waals surface area (Å²) < 4.78 is 1.05. The number of hydrogen-bond acceptors (Lipinski definition) is 4. The molecule has 0 fully saturated rings. The predicted octanol–water partition coefficient (Wildman–Crippen LogP) is 1.01. The van der Waals surface area contributed by atoms with Crippen molar-refractivity contribution >= 4 is 17.6 Å². The van der Waals surface area contributed by atoms with Crippen molar-refractivity contribution in [2.45, 2.75) is 32.9 Å². The first-order chi connectivity index (χ1) is 8.85. The Kier molecular flexibility index (Phi) is 4.62. The number of aromatic carboxylic acids is 1. The van der Waals surface area contributed by atoms with Gasteiger partial charge in [-0.05, 0) is 13.3 Å². The van der Waals surface area contributed by atoms with E-state index >= 15 is 0 Å². The molecule has 0 aliphatic heterocycles. The van der Waals surface area contributed by atoms with Gasteiger partial charge in [0.05, 0.1) is 11.1 Å². The molecule has 8 nitrogen and oxygen atoms in total. The Morgan fingerprint density at radius 3 is 2.68 bits per heavy atom. The number of carbonyl (C=O) groups excluding carboxylic acids is 1. The summed E-state index contributed by atoms with van der Waals surface area (Å²) in [7, 11) is 0. The van der Waals surface area contributed by atoms with E-state index in [1.54, 1.807) is 0 Å². The summed E-state index contributed by atoms with van der Waals surface area (Å²) in [6.45, 7) is 3.45. The number of carboxylic acid groups (broad SMARTS) is 1. The molecule has 1 amide bonds. The van der Waals surface area contributed by atoms with Gasteiger partial charge in [0.15, 0.2) is 0 Å². The van der Waals surface area contributed by atoms with Crippen molar-refractivity contribution in [1.29, 1.82) is 0 Å². The molecule has 0 spiro atoms. The van der Waals surface area contributed by atoms with Crippen molar-refractivity contribution in [3.63, 3.8) is 0 Å². The van der Waals surface area contributed by atoms with Crippen LogP contribution in [0.25, 0.3) is 0 Å². The average molecular weight is 269 g/mol. The fraction of sp³-hybridized carbons (Fsp3) is 0.455. The Morgan fingerprint density at radius 2 is 2.21 bits per heavy atom. The Bertz CT molecular complexity index is 508. The topological polar surface area (TPSA) is 114 Å². The monoisotopic (exact) mass is 269 g/mol. The first-order valence-corrected chi connectivity index (χ1v) is 5.72. The summed E-state index contributed by atoms with van der Waals surface area (Å²) in [5, 5.41) is 22.2. The summed E-state index contributed by atoms with van der Waals surface area (Å²) in [4.78, 5) is 32.5. The van der Waals surface area contributed by atoms with Crippen molar-refractivity contribution in [1.82, 2.24) is 9.88 Å². The highest BCUT2D eigenvalue weighted by molar-refractivity contribution is 5.88. The van der Waals surface area contributed by atoms with Gasteiger partial charge in [0.25, 0.3) is 5.69 Å². The van der Waals surface area contributed by atoms with Gasteiger partial charge in [-0.15, -0.1) is 0 Å². The minimum Gasteiger partial charge on any atom is -0.477 e. The molecule has 0 radical (unpaired) electrons. The van der Waals surface area contributed by atoms with E-state index in [1.807, 2.05) is 13.8 Å². The molecular formula is C11H15N3O5. The second-order valence-electron chi connectivity index (χ2n) is 4.15. The van der Waals surface area contributed by atoms with Crippen LogP contribution in [-0.4, -0.2) is 32.5 Å². The Labute approximate surface area is 109 Å². The number of aromatic nitrogens is 1. The van der Waals surface area contributed by atoms with E-state index in [4.69, 9.17) is 5.11 Å². The third kappa shape index (κ3) is 3.80. The zero-order valence-corrected chi connectivity index (χ0v) is 10.6. The fourth-order valence-corrected chi connectivity index (χ4v) is 1.48. The van der Waals surface area contributed by atoms with Crippen LogP contribution < -0.4 is 5.32 Å². The Morgan fingerprint density at radius 1 is 1.58 bits per heavy atom. The third-order valence-electron chi connectivity index (χ3n) is 2.65. The van der Waals surface area contributed by atoms with Gasteiger partial charge in [0.1, 0.15) is 12.2 Å². The zero-order valence-electron chi connectivity index (χ0n) is 10.6. The summed E-state index contributed by atoms with van der Waals surface area (Å²) in [5.74, 6) is -1.70. The number of nitro groups is 1. The molecular weight excluding hydrogens is 254 g/mol. The highest BCUT2D eigenvalue weighted by atomic mass is 16.6. The number of nitrogens with one attached hydrogen (secondary N) is 1. The maximum atomic E-state index is 11.6. The molecule has 1 rings (SSSR count). The van der Waals surface area contributed by atoms with Crippen molar-refractivity contribution in [2.75, 3.05) is 0 Å². The van der Waals surface area contributed by atoms with Gasteiger partial charge in [-0.1, -0.05) is 6.92 Å². The summed E-state index contributed by atoms with van der Waals surface area (Å²) in [6.07, 6.45) is 1.78. The van der Waals surface area contributed by atoms with E-state index in [2.05, 4.69) is 5.32 Å². The van der Waals surface area contributed by atoms with Gasteiger partial charge >= 0.3 is 5.97 Å². The molecule has 8 heteroatoms. The Hall–Kier alpha value is -2.38. The molecule has 1 unspecified atom stereocenters. The Balaban J connectivity index is 2.90. The average Bonchev–Trinajstić information content (AvgIpc) is 2.72.